The molecule has 18 heavy (non-hydrogen) atoms. The summed E-state index contributed by atoms with van der Waals surface area (Å²) in [6, 6.07) is 4.73. The molecule has 0 aliphatic heterocycles. The Labute approximate surface area is 108 Å². The lowest BCUT2D eigenvalue weighted by molar-refractivity contribution is 0.131. The Balaban J connectivity index is 2.57. The van der Waals surface area contributed by atoms with Gasteiger partial charge in [0.15, 0.2) is 0 Å². The van der Waals surface area contributed by atoms with Gasteiger partial charge >= 0.3 is 0 Å². The zero-order chi connectivity index (χ0) is 13.6. The summed E-state index contributed by atoms with van der Waals surface area (Å²) < 4.78 is 33.1. The van der Waals surface area contributed by atoms with E-state index in [0.29, 0.717) is 31.1 Å². The minimum atomic E-state index is -3.66. The van der Waals surface area contributed by atoms with E-state index in [-0.39, 0.29) is 4.90 Å². The van der Waals surface area contributed by atoms with E-state index in [1.165, 1.54) is 6.07 Å². The average Bonchev–Trinajstić information content (AvgIpc) is 2.27. The Kier molecular flexibility index (Phi) is 5.58. The van der Waals surface area contributed by atoms with E-state index in [4.69, 9.17) is 14.6 Å². The van der Waals surface area contributed by atoms with E-state index in [9.17, 15) is 8.42 Å². The molecule has 0 spiro atoms. The van der Waals surface area contributed by atoms with Crippen molar-refractivity contribution in [2.45, 2.75) is 25.2 Å². The highest BCUT2D eigenvalue weighted by Gasteiger charge is 2.11. The highest BCUT2D eigenvalue weighted by atomic mass is 32.2. The van der Waals surface area contributed by atoms with Crippen LogP contribution in [0.15, 0.2) is 23.1 Å². The molecule has 0 radical (unpaired) electrons. The predicted molar refractivity (Wildman–Crippen MR) is 69.2 cm³/mol. The summed E-state index contributed by atoms with van der Waals surface area (Å²) in [5, 5.41) is 5.08. The van der Waals surface area contributed by atoms with Gasteiger partial charge in [0.25, 0.3) is 0 Å². The highest BCUT2D eigenvalue weighted by molar-refractivity contribution is 7.89. The molecule has 0 amide bonds. The zero-order valence-electron chi connectivity index (χ0n) is 10.7. The third-order valence-corrected chi connectivity index (χ3v) is 3.43. The molecular formula is C12H19NO4S. The van der Waals surface area contributed by atoms with E-state index in [2.05, 4.69) is 0 Å². The van der Waals surface area contributed by atoms with Crippen molar-refractivity contribution in [3.8, 4) is 5.75 Å². The largest absolute Gasteiger partial charge is 0.493 e. The molecule has 1 aromatic carbocycles. The minimum absolute atomic E-state index is 0.129. The number of primary sulfonamides is 1. The van der Waals surface area contributed by atoms with Gasteiger partial charge in [-0.05, 0) is 37.6 Å². The molecule has 6 heteroatoms. The average molecular weight is 273 g/mol. The molecule has 0 unspecified atom stereocenters. The first-order chi connectivity index (χ1) is 8.45. The van der Waals surface area contributed by atoms with Crippen LogP contribution < -0.4 is 9.88 Å². The summed E-state index contributed by atoms with van der Waals surface area (Å²) in [6.07, 6.45) is 0.795. The topological polar surface area (TPSA) is 78.6 Å². The van der Waals surface area contributed by atoms with Crippen LogP contribution in [0.5, 0.6) is 5.75 Å². The van der Waals surface area contributed by atoms with Crippen molar-refractivity contribution in [1.29, 1.82) is 0 Å². The van der Waals surface area contributed by atoms with Crippen LogP contribution in [0.1, 0.15) is 18.9 Å². The molecule has 1 aromatic rings. The number of sulfonamides is 1. The Morgan fingerprint density at radius 3 is 2.56 bits per heavy atom. The van der Waals surface area contributed by atoms with Gasteiger partial charge in [0, 0.05) is 19.6 Å². The quantitative estimate of drug-likeness (QED) is 0.763. The van der Waals surface area contributed by atoms with Gasteiger partial charge < -0.3 is 9.47 Å². The number of benzene rings is 1. The third-order valence-electron chi connectivity index (χ3n) is 2.36. The fourth-order valence-corrected chi connectivity index (χ4v) is 2.29. The Morgan fingerprint density at radius 2 is 2.00 bits per heavy atom. The first-order valence-corrected chi connectivity index (χ1v) is 7.33. The summed E-state index contributed by atoms with van der Waals surface area (Å²) in [6.45, 7) is 5.52. The van der Waals surface area contributed by atoms with Gasteiger partial charge in [0.2, 0.25) is 10.0 Å². The predicted octanol–water partition coefficient (Wildman–Crippen LogP) is 1.45. The van der Waals surface area contributed by atoms with Crippen LogP contribution in [0.2, 0.25) is 0 Å². The summed E-state index contributed by atoms with van der Waals surface area (Å²) in [4.78, 5) is 0.129. The smallest absolute Gasteiger partial charge is 0.238 e. The molecule has 2 N–H and O–H groups in total. The second kappa shape index (κ2) is 6.72. The van der Waals surface area contributed by atoms with E-state index >= 15 is 0 Å². The molecule has 102 valence electrons. The monoisotopic (exact) mass is 273 g/mol. The van der Waals surface area contributed by atoms with E-state index < -0.39 is 10.0 Å². The van der Waals surface area contributed by atoms with Gasteiger partial charge in [0.05, 0.1) is 11.5 Å². The molecule has 0 saturated heterocycles. The Bertz CT molecular complexity index is 485. The van der Waals surface area contributed by atoms with Gasteiger partial charge in [-0.2, -0.15) is 0 Å². The first kappa shape index (κ1) is 14.9. The minimum Gasteiger partial charge on any atom is -0.493 e. The van der Waals surface area contributed by atoms with Crippen molar-refractivity contribution in [2.24, 2.45) is 5.14 Å². The highest BCUT2D eigenvalue weighted by Crippen LogP contribution is 2.20. The molecule has 0 aliphatic rings. The molecule has 0 bridgehead atoms. The second-order valence-corrected chi connectivity index (χ2v) is 5.40. The lowest BCUT2D eigenvalue weighted by atomic mass is 10.2. The number of aryl methyl sites for hydroxylation is 1. The SMILES string of the molecule is CCOCCCOc1ccc(S(N)(=O)=O)c(C)c1. The molecule has 0 aliphatic carbocycles. The van der Waals surface area contributed by atoms with Crippen LogP contribution in [0.3, 0.4) is 0 Å². The number of hydrogen-bond acceptors (Lipinski definition) is 4. The van der Waals surface area contributed by atoms with Crippen molar-refractivity contribution >= 4 is 10.0 Å². The normalized spacial score (nSPS) is 11.5. The van der Waals surface area contributed by atoms with Crippen LogP contribution in [0, 0.1) is 6.92 Å². The van der Waals surface area contributed by atoms with Crippen molar-refractivity contribution in [1.82, 2.24) is 0 Å². The molecule has 1 rings (SSSR count). The molecule has 0 aromatic heterocycles. The summed E-state index contributed by atoms with van der Waals surface area (Å²) in [5.74, 6) is 0.636. The third kappa shape index (κ3) is 4.64. The van der Waals surface area contributed by atoms with Crippen LogP contribution in [-0.4, -0.2) is 28.2 Å². The summed E-state index contributed by atoms with van der Waals surface area (Å²) in [5.41, 5.74) is 0.583. The van der Waals surface area contributed by atoms with Gasteiger partial charge in [0.1, 0.15) is 5.75 Å². The van der Waals surface area contributed by atoms with Crippen LogP contribution >= 0.6 is 0 Å². The summed E-state index contributed by atoms with van der Waals surface area (Å²) >= 11 is 0. The number of hydrogen-bond donors (Lipinski definition) is 1. The standard InChI is InChI=1S/C12H19NO4S/c1-3-16-7-4-8-17-11-5-6-12(10(2)9-11)18(13,14)15/h5-6,9H,3-4,7-8H2,1-2H3,(H2,13,14,15). The van der Waals surface area contributed by atoms with E-state index in [0.717, 1.165) is 6.42 Å². The van der Waals surface area contributed by atoms with Gasteiger partial charge in [-0.3, -0.25) is 0 Å². The Morgan fingerprint density at radius 1 is 1.28 bits per heavy atom. The second-order valence-electron chi connectivity index (χ2n) is 3.87. The lowest BCUT2D eigenvalue weighted by Gasteiger charge is -2.09. The number of ether oxygens (including phenoxy) is 2. The Hall–Kier alpha value is -1.11. The van der Waals surface area contributed by atoms with Crippen molar-refractivity contribution < 1.29 is 17.9 Å². The molecule has 0 fully saturated rings. The van der Waals surface area contributed by atoms with Gasteiger partial charge in [-0.15, -0.1) is 0 Å². The fourth-order valence-electron chi connectivity index (χ4n) is 1.53. The zero-order valence-corrected chi connectivity index (χ0v) is 11.5. The maximum atomic E-state index is 11.2. The molecule has 0 heterocycles. The molecule has 0 atom stereocenters. The van der Waals surface area contributed by atoms with Crippen LogP contribution in [-0.2, 0) is 14.8 Å². The van der Waals surface area contributed by atoms with Crippen molar-refractivity contribution in [2.75, 3.05) is 19.8 Å². The van der Waals surface area contributed by atoms with Crippen molar-refractivity contribution in [3.05, 3.63) is 23.8 Å². The van der Waals surface area contributed by atoms with Crippen LogP contribution in [0.25, 0.3) is 0 Å². The fraction of sp³-hybridized carbons (Fsp3) is 0.500. The molecule has 0 saturated carbocycles. The summed E-state index contributed by atoms with van der Waals surface area (Å²) in [7, 11) is -3.66. The van der Waals surface area contributed by atoms with E-state index in [1.807, 2.05) is 6.92 Å². The lowest BCUT2D eigenvalue weighted by Crippen LogP contribution is -2.13. The number of nitrogens with two attached hydrogens (primary N) is 1. The van der Waals surface area contributed by atoms with Gasteiger partial charge in [-0.1, -0.05) is 0 Å². The molecular weight excluding hydrogens is 254 g/mol. The van der Waals surface area contributed by atoms with Gasteiger partial charge in [-0.25, -0.2) is 13.6 Å². The maximum absolute atomic E-state index is 11.2. The molecule has 5 nitrogen and oxygen atoms in total. The number of rotatable bonds is 7. The maximum Gasteiger partial charge on any atom is 0.238 e. The van der Waals surface area contributed by atoms with Crippen LogP contribution in [0.4, 0.5) is 0 Å². The van der Waals surface area contributed by atoms with Crippen molar-refractivity contribution in [3.63, 3.8) is 0 Å². The first-order valence-electron chi connectivity index (χ1n) is 5.79. The van der Waals surface area contributed by atoms with E-state index in [1.54, 1.807) is 19.1 Å².